The van der Waals surface area contributed by atoms with Crippen LogP contribution in [0.3, 0.4) is 0 Å². The molecule has 0 aliphatic carbocycles. The first-order valence-corrected chi connectivity index (χ1v) is 5.00. The van der Waals surface area contributed by atoms with E-state index in [9.17, 15) is 13.2 Å². The summed E-state index contributed by atoms with van der Waals surface area (Å²) in [5.41, 5.74) is 11.7. The summed E-state index contributed by atoms with van der Waals surface area (Å²) in [6.45, 7) is 3.50. The Labute approximate surface area is 97.5 Å². The SMILES string of the molecule is CC(C)(N)C(N)c1ccc(OC(F)(F)F)cc1. The van der Waals surface area contributed by atoms with Crippen LogP contribution in [0.2, 0.25) is 0 Å². The van der Waals surface area contributed by atoms with Gasteiger partial charge in [0, 0.05) is 11.6 Å². The summed E-state index contributed by atoms with van der Waals surface area (Å²) in [7, 11) is 0. The van der Waals surface area contributed by atoms with E-state index in [4.69, 9.17) is 11.5 Å². The lowest BCUT2D eigenvalue weighted by atomic mass is 9.90. The van der Waals surface area contributed by atoms with Crippen molar-refractivity contribution in [2.75, 3.05) is 0 Å². The molecule has 0 spiro atoms. The molecular weight excluding hydrogens is 233 g/mol. The second kappa shape index (κ2) is 4.54. The van der Waals surface area contributed by atoms with Crippen LogP contribution in [0.5, 0.6) is 5.75 Å². The Kier molecular flexibility index (Phi) is 3.68. The van der Waals surface area contributed by atoms with E-state index in [2.05, 4.69) is 4.74 Å². The Morgan fingerprint density at radius 1 is 1.12 bits per heavy atom. The van der Waals surface area contributed by atoms with Crippen molar-refractivity contribution in [3.63, 3.8) is 0 Å². The van der Waals surface area contributed by atoms with Crippen molar-refractivity contribution in [2.45, 2.75) is 31.8 Å². The number of ether oxygens (including phenoxy) is 1. The van der Waals surface area contributed by atoms with Gasteiger partial charge in [-0.15, -0.1) is 13.2 Å². The summed E-state index contributed by atoms with van der Waals surface area (Å²) in [6.07, 6.45) is -4.68. The van der Waals surface area contributed by atoms with E-state index in [0.717, 1.165) is 0 Å². The van der Waals surface area contributed by atoms with Crippen LogP contribution in [-0.2, 0) is 0 Å². The van der Waals surface area contributed by atoms with Gasteiger partial charge in [-0.1, -0.05) is 12.1 Å². The molecule has 0 fully saturated rings. The maximum absolute atomic E-state index is 11.9. The van der Waals surface area contributed by atoms with Gasteiger partial charge in [-0.25, -0.2) is 0 Å². The lowest BCUT2D eigenvalue weighted by Gasteiger charge is -2.27. The lowest BCUT2D eigenvalue weighted by molar-refractivity contribution is -0.274. The van der Waals surface area contributed by atoms with E-state index in [0.29, 0.717) is 5.56 Å². The van der Waals surface area contributed by atoms with Crippen molar-refractivity contribution in [1.29, 1.82) is 0 Å². The largest absolute Gasteiger partial charge is 0.573 e. The predicted octanol–water partition coefficient (Wildman–Crippen LogP) is 2.32. The highest BCUT2D eigenvalue weighted by Crippen LogP contribution is 2.26. The maximum Gasteiger partial charge on any atom is 0.573 e. The highest BCUT2D eigenvalue weighted by molar-refractivity contribution is 5.30. The number of nitrogens with two attached hydrogens (primary N) is 2. The van der Waals surface area contributed by atoms with E-state index in [1.54, 1.807) is 13.8 Å². The zero-order chi connectivity index (χ0) is 13.3. The van der Waals surface area contributed by atoms with Crippen LogP contribution < -0.4 is 16.2 Å². The molecule has 4 N–H and O–H groups in total. The number of rotatable bonds is 3. The first kappa shape index (κ1) is 13.8. The van der Waals surface area contributed by atoms with E-state index in [1.165, 1.54) is 24.3 Å². The summed E-state index contributed by atoms with van der Waals surface area (Å²) in [5, 5.41) is 0. The minimum absolute atomic E-state index is 0.275. The third-order valence-electron chi connectivity index (χ3n) is 2.27. The smallest absolute Gasteiger partial charge is 0.406 e. The molecule has 0 aromatic heterocycles. The van der Waals surface area contributed by atoms with Crippen LogP contribution in [0.15, 0.2) is 24.3 Å². The molecule has 96 valence electrons. The number of halogens is 3. The fraction of sp³-hybridized carbons (Fsp3) is 0.455. The normalized spacial score (nSPS) is 14.5. The lowest BCUT2D eigenvalue weighted by Crippen LogP contribution is -2.43. The topological polar surface area (TPSA) is 61.3 Å². The molecule has 1 aromatic rings. The molecule has 1 rings (SSSR count). The zero-order valence-electron chi connectivity index (χ0n) is 9.58. The highest BCUT2D eigenvalue weighted by Gasteiger charge is 2.31. The molecule has 0 amide bonds. The first-order chi connectivity index (χ1) is 7.59. The summed E-state index contributed by atoms with van der Waals surface area (Å²) >= 11 is 0. The molecule has 17 heavy (non-hydrogen) atoms. The van der Waals surface area contributed by atoms with E-state index < -0.39 is 17.9 Å². The average molecular weight is 248 g/mol. The minimum atomic E-state index is -4.68. The number of hydrogen-bond acceptors (Lipinski definition) is 3. The predicted molar refractivity (Wildman–Crippen MR) is 58.3 cm³/mol. The third kappa shape index (κ3) is 4.24. The van der Waals surface area contributed by atoms with Gasteiger partial charge in [0.2, 0.25) is 0 Å². The van der Waals surface area contributed by atoms with Crippen LogP contribution in [0.1, 0.15) is 25.5 Å². The van der Waals surface area contributed by atoms with Crippen molar-refractivity contribution in [2.24, 2.45) is 11.5 Å². The van der Waals surface area contributed by atoms with E-state index >= 15 is 0 Å². The molecule has 0 radical (unpaired) electrons. The molecular formula is C11H15F3N2O. The van der Waals surface area contributed by atoms with Crippen LogP contribution in [0.4, 0.5) is 13.2 Å². The van der Waals surface area contributed by atoms with Gasteiger partial charge in [-0.3, -0.25) is 0 Å². The van der Waals surface area contributed by atoms with Crippen molar-refractivity contribution < 1.29 is 17.9 Å². The van der Waals surface area contributed by atoms with Gasteiger partial charge in [0.15, 0.2) is 0 Å². The standard InChI is InChI=1S/C11H15F3N2O/c1-10(2,16)9(15)7-3-5-8(6-4-7)17-11(12,13)14/h3-6,9H,15-16H2,1-2H3. The average Bonchev–Trinajstić information content (AvgIpc) is 2.14. The summed E-state index contributed by atoms with van der Waals surface area (Å²) in [6, 6.07) is 4.92. The van der Waals surface area contributed by atoms with Gasteiger partial charge < -0.3 is 16.2 Å². The molecule has 3 nitrogen and oxygen atoms in total. The summed E-state index contributed by atoms with van der Waals surface area (Å²) < 4.78 is 39.5. The highest BCUT2D eigenvalue weighted by atomic mass is 19.4. The first-order valence-electron chi connectivity index (χ1n) is 5.00. The fourth-order valence-corrected chi connectivity index (χ4v) is 1.31. The van der Waals surface area contributed by atoms with Gasteiger partial charge >= 0.3 is 6.36 Å². The van der Waals surface area contributed by atoms with Crippen LogP contribution in [0.25, 0.3) is 0 Å². The molecule has 0 aliphatic heterocycles. The molecule has 0 heterocycles. The molecule has 1 unspecified atom stereocenters. The van der Waals surface area contributed by atoms with Gasteiger partial charge in [-0.05, 0) is 31.5 Å². The molecule has 0 saturated carbocycles. The zero-order valence-corrected chi connectivity index (χ0v) is 9.58. The second-order valence-electron chi connectivity index (χ2n) is 4.42. The van der Waals surface area contributed by atoms with Gasteiger partial charge in [0.1, 0.15) is 5.75 Å². The van der Waals surface area contributed by atoms with Gasteiger partial charge in [0.25, 0.3) is 0 Å². The quantitative estimate of drug-likeness (QED) is 0.863. The minimum Gasteiger partial charge on any atom is -0.406 e. The summed E-state index contributed by atoms with van der Waals surface area (Å²) in [4.78, 5) is 0. The Morgan fingerprint density at radius 3 is 1.94 bits per heavy atom. The van der Waals surface area contributed by atoms with Crippen molar-refractivity contribution >= 4 is 0 Å². The fourth-order valence-electron chi connectivity index (χ4n) is 1.31. The Morgan fingerprint density at radius 2 is 1.59 bits per heavy atom. The van der Waals surface area contributed by atoms with Crippen LogP contribution in [0, 0.1) is 0 Å². The van der Waals surface area contributed by atoms with Crippen LogP contribution >= 0.6 is 0 Å². The van der Waals surface area contributed by atoms with E-state index in [1.807, 2.05) is 0 Å². The molecule has 0 saturated heterocycles. The molecule has 0 aliphatic rings. The van der Waals surface area contributed by atoms with Crippen molar-refractivity contribution in [3.8, 4) is 5.75 Å². The number of benzene rings is 1. The summed E-state index contributed by atoms with van der Waals surface area (Å²) in [5.74, 6) is -0.275. The van der Waals surface area contributed by atoms with Crippen LogP contribution in [-0.4, -0.2) is 11.9 Å². The Bertz CT molecular complexity index is 368. The monoisotopic (exact) mass is 248 g/mol. The van der Waals surface area contributed by atoms with Gasteiger partial charge in [-0.2, -0.15) is 0 Å². The molecule has 1 aromatic carbocycles. The Balaban J connectivity index is 2.82. The van der Waals surface area contributed by atoms with E-state index in [-0.39, 0.29) is 5.75 Å². The number of alkyl halides is 3. The second-order valence-corrected chi connectivity index (χ2v) is 4.42. The number of hydrogen-bond donors (Lipinski definition) is 2. The Hall–Kier alpha value is -1.27. The van der Waals surface area contributed by atoms with Gasteiger partial charge in [0.05, 0.1) is 0 Å². The molecule has 0 bridgehead atoms. The molecule has 1 atom stereocenters. The van der Waals surface area contributed by atoms with Crippen molar-refractivity contribution in [1.82, 2.24) is 0 Å². The van der Waals surface area contributed by atoms with Crippen molar-refractivity contribution in [3.05, 3.63) is 29.8 Å². The molecule has 6 heteroatoms. The third-order valence-corrected chi connectivity index (χ3v) is 2.27. The maximum atomic E-state index is 11.9.